The molecule has 7 nitrogen and oxygen atoms in total. The van der Waals surface area contributed by atoms with Crippen LogP contribution in [0.25, 0.3) is 23.2 Å². The van der Waals surface area contributed by atoms with Crippen molar-refractivity contribution in [2.45, 2.75) is 24.9 Å². The van der Waals surface area contributed by atoms with Gasteiger partial charge in [0, 0.05) is 50.5 Å². The van der Waals surface area contributed by atoms with Gasteiger partial charge in [-0.15, -0.1) is 10.2 Å². The summed E-state index contributed by atoms with van der Waals surface area (Å²) < 4.78 is 7.72. The zero-order chi connectivity index (χ0) is 28.4. The molecule has 3 aromatic carbocycles. The number of carbonyl (C=O) groups is 1. The number of aromatic nitrogens is 3. The molecule has 8 heteroatoms. The van der Waals surface area contributed by atoms with Crippen molar-refractivity contribution < 1.29 is 9.53 Å². The van der Waals surface area contributed by atoms with E-state index in [0.717, 1.165) is 72.9 Å². The lowest BCUT2D eigenvalue weighted by Crippen LogP contribution is -2.48. The van der Waals surface area contributed by atoms with Gasteiger partial charge in [-0.3, -0.25) is 14.3 Å². The summed E-state index contributed by atoms with van der Waals surface area (Å²) in [7, 11) is 1.68. The van der Waals surface area contributed by atoms with Crippen molar-refractivity contribution in [3.8, 4) is 22.8 Å². The van der Waals surface area contributed by atoms with Gasteiger partial charge < -0.3 is 9.64 Å². The van der Waals surface area contributed by atoms with Crippen LogP contribution >= 0.6 is 11.8 Å². The van der Waals surface area contributed by atoms with Gasteiger partial charge in [0.1, 0.15) is 5.75 Å². The van der Waals surface area contributed by atoms with Crippen LogP contribution in [-0.4, -0.2) is 76.1 Å². The van der Waals surface area contributed by atoms with Crippen molar-refractivity contribution in [1.82, 2.24) is 24.6 Å². The molecule has 1 aliphatic heterocycles. The third-order valence-electron chi connectivity index (χ3n) is 7.23. The molecule has 1 aliphatic rings. The van der Waals surface area contributed by atoms with Crippen molar-refractivity contribution in [3.05, 3.63) is 96.1 Å². The van der Waals surface area contributed by atoms with Crippen molar-refractivity contribution in [2.24, 2.45) is 0 Å². The topological polar surface area (TPSA) is 63.5 Å². The maximum absolute atomic E-state index is 12.9. The standard InChI is InChI=1S/C33H37N5O2S/c1-26-16-18-28(19-17-26)32-34-35-33(38(32)29-13-6-7-14-30(29)40-2)41-25-9-15-31(39)37-23-21-36(22-24-37)20-8-12-27-10-4-3-5-11-27/h3-8,10-14,16-19H,9,15,20-25H2,1-2H3/b12-8+. The number of carbonyl (C=O) groups excluding carboxylic acids is 1. The molecule has 0 atom stereocenters. The largest absolute Gasteiger partial charge is 0.495 e. The van der Waals surface area contributed by atoms with Crippen molar-refractivity contribution in [3.63, 3.8) is 0 Å². The Morgan fingerprint density at radius 1 is 0.927 bits per heavy atom. The summed E-state index contributed by atoms with van der Waals surface area (Å²) in [6.07, 6.45) is 5.68. The summed E-state index contributed by atoms with van der Waals surface area (Å²) in [5.74, 6) is 2.53. The van der Waals surface area contributed by atoms with Gasteiger partial charge >= 0.3 is 0 Å². The van der Waals surface area contributed by atoms with Crippen LogP contribution in [0.5, 0.6) is 5.75 Å². The molecule has 1 saturated heterocycles. The molecule has 0 spiro atoms. The van der Waals surface area contributed by atoms with E-state index in [0.29, 0.717) is 6.42 Å². The first kappa shape index (κ1) is 28.6. The first-order valence-corrected chi connectivity index (χ1v) is 15.1. The number of benzene rings is 3. The van der Waals surface area contributed by atoms with Crippen LogP contribution < -0.4 is 4.74 Å². The molecule has 4 aromatic rings. The van der Waals surface area contributed by atoms with Crippen LogP contribution in [0.2, 0.25) is 0 Å². The zero-order valence-corrected chi connectivity index (χ0v) is 24.6. The fourth-order valence-electron chi connectivity index (χ4n) is 4.91. The average molecular weight is 568 g/mol. The molecule has 0 aliphatic carbocycles. The number of thioether (sulfide) groups is 1. The fraction of sp³-hybridized carbons (Fsp3) is 0.303. The number of rotatable bonds is 11. The number of piperazine rings is 1. The van der Waals surface area contributed by atoms with Crippen molar-refractivity contribution >= 4 is 23.7 Å². The summed E-state index contributed by atoms with van der Waals surface area (Å²) in [5, 5.41) is 9.88. The third kappa shape index (κ3) is 7.45. The third-order valence-corrected chi connectivity index (χ3v) is 8.25. The van der Waals surface area contributed by atoms with Gasteiger partial charge in [-0.05, 0) is 31.0 Å². The first-order valence-electron chi connectivity index (χ1n) is 14.1. The Hall–Kier alpha value is -3.88. The minimum Gasteiger partial charge on any atom is -0.495 e. The van der Waals surface area contributed by atoms with Crippen molar-refractivity contribution in [1.29, 1.82) is 0 Å². The molecule has 1 amide bonds. The van der Waals surface area contributed by atoms with Crippen LogP contribution in [0.4, 0.5) is 0 Å². The lowest BCUT2D eigenvalue weighted by molar-refractivity contribution is -0.132. The number of hydrogen-bond donors (Lipinski definition) is 0. The molecule has 0 N–H and O–H groups in total. The SMILES string of the molecule is COc1ccccc1-n1c(SCCCC(=O)N2CCN(C/C=C/c3ccccc3)CC2)nnc1-c1ccc(C)cc1. The number of amides is 1. The molecule has 1 aromatic heterocycles. The van der Waals surface area contributed by atoms with E-state index < -0.39 is 0 Å². The Balaban J connectivity index is 1.14. The van der Waals surface area contributed by atoms with E-state index in [1.165, 1.54) is 11.1 Å². The number of ether oxygens (including phenoxy) is 1. The highest BCUT2D eigenvalue weighted by molar-refractivity contribution is 7.99. The Morgan fingerprint density at radius 3 is 2.41 bits per heavy atom. The molecule has 2 heterocycles. The fourth-order valence-corrected chi connectivity index (χ4v) is 5.80. The van der Waals surface area contributed by atoms with Gasteiger partial charge in [0.2, 0.25) is 5.91 Å². The second kappa shape index (κ2) is 14.1. The second-order valence-corrected chi connectivity index (χ2v) is 11.2. The molecule has 0 bridgehead atoms. The van der Waals surface area contributed by atoms with E-state index in [-0.39, 0.29) is 5.91 Å². The lowest BCUT2D eigenvalue weighted by atomic mass is 10.1. The van der Waals surface area contributed by atoms with E-state index in [9.17, 15) is 4.79 Å². The van der Waals surface area contributed by atoms with E-state index in [1.54, 1.807) is 18.9 Å². The quantitative estimate of drug-likeness (QED) is 0.164. The van der Waals surface area contributed by atoms with Gasteiger partial charge in [-0.1, -0.05) is 96.2 Å². The van der Waals surface area contributed by atoms with E-state index in [2.05, 4.69) is 87.3 Å². The van der Waals surface area contributed by atoms with E-state index in [4.69, 9.17) is 4.74 Å². The molecule has 1 fully saturated rings. The second-order valence-electron chi connectivity index (χ2n) is 10.1. The minimum atomic E-state index is 0.233. The lowest BCUT2D eigenvalue weighted by Gasteiger charge is -2.34. The first-order chi connectivity index (χ1) is 20.1. The van der Waals surface area contributed by atoms with Crippen LogP contribution in [-0.2, 0) is 4.79 Å². The summed E-state index contributed by atoms with van der Waals surface area (Å²) in [6, 6.07) is 26.6. The van der Waals surface area contributed by atoms with Crippen LogP contribution in [0.15, 0.2) is 90.1 Å². The summed E-state index contributed by atoms with van der Waals surface area (Å²) in [4.78, 5) is 17.3. The molecule has 0 radical (unpaired) electrons. The Bertz CT molecular complexity index is 1440. The Morgan fingerprint density at radius 2 is 1.66 bits per heavy atom. The van der Waals surface area contributed by atoms with E-state index in [1.807, 2.05) is 35.2 Å². The molecule has 0 unspecified atom stereocenters. The van der Waals surface area contributed by atoms with Crippen LogP contribution in [0.3, 0.4) is 0 Å². The Labute approximate surface area is 246 Å². The van der Waals surface area contributed by atoms with Gasteiger partial charge in [-0.2, -0.15) is 0 Å². The maximum atomic E-state index is 12.9. The molecular formula is C33H37N5O2S. The molecule has 212 valence electrons. The summed E-state index contributed by atoms with van der Waals surface area (Å²) >= 11 is 1.62. The molecular weight excluding hydrogens is 530 g/mol. The summed E-state index contributed by atoms with van der Waals surface area (Å²) in [6.45, 7) is 6.36. The summed E-state index contributed by atoms with van der Waals surface area (Å²) in [5.41, 5.74) is 4.29. The minimum absolute atomic E-state index is 0.233. The highest BCUT2D eigenvalue weighted by atomic mass is 32.2. The molecule has 41 heavy (non-hydrogen) atoms. The number of aryl methyl sites for hydroxylation is 1. The van der Waals surface area contributed by atoms with Crippen LogP contribution in [0, 0.1) is 6.92 Å². The van der Waals surface area contributed by atoms with Gasteiger partial charge in [-0.25, -0.2) is 0 Å². The van der Waals surface area contributed by atoms with Gasteiger partial charge in [0.15, 0.2) is 11.0 Å². The maximum Gasteiger partial charge on any atom is 0.222 e. The Kier molecular flexibility index (Phi) is 9.88. The number of nitrogens with zero attached hydrogens (tertiary/aromatic N) is 5. The number of methoxy groups -OCH3 is 1. The predicted molar refractivity (Wildman–Crippen MR) is 167 cm³/mol. The zero-order valence-electron chi connectivity index (χ0n) is 23.8. The highest BCUT2D eigenvalue weighted by Gasteiger charge is 2.21. The smallest absolute Gasteiger partial charge is 0.222 e. The number of para-hydroxylation sites is 2. The normalized spacial score (nSPS) is 14.0. The van der Waals surface area contributed by atoms with Crippen molar-refractivity contribution in [2.75, 3.05) is 45.6 Å². The molecule has 0 saturated carbocycles. The monoisotopic (exact) mass is 567 g/mol. The number of hydrogen-bond acceptors (Lipinski definition) is 6. The molecule has 5 rings (SSSR count). The van der Waals surface area contributed by atoms with Crippen LogP contribution in [0.1, 0.15) is 24.0 Å². The van der Waals surface area contributed by atoms with Gasteiger partial charge in [0.25, 0.3) is 0 Å². The van der Waals surface area contributed by atoms with E-state index >= 15 is 0 Å². The average Bonchev–Trinajstić information content (AvgIpc) is 3.44. The highest BCUT2D eigenvalue weighted by Crippen LogP contribution is 2.33. The predicted octanol–water partition coefficient (Wildman–Crippen LogP) is 5.98. The van der Waals surface area contributed by atoms with Gasteiger partial charge in [0.05, 0.1) is 12.8 Å².